The predicted octanol–water partition coefficient (Wildman–Crippen LogP) is 7.62. The maximum atomic E-state index is 11.7. The van der Waals surface area contributed by atoms with E-state index in [9.17, 15) is 14.7 Å². The molecule has 0 radical (unpaired) electrons. The van der Waals surface area contributed by atoms with Crippen LogP contribution in [0.1, 0.15) is 75.5 Å². The maximum absolute atomic E-state index is 11.7. The summed E-state index contributed by atoms with van der Waals surface area (Å²) in [7, 11) is 1.43. The zero-order valence-corrected chi connectivity index (χ0v) is 26.1. The van der Waals surface area contributed by atoms with Crippen LogP contribution in [-0.4, -0.2) is 42.1 Å². The van der Waals surface area contributed by atoms with Gasteiger partial charge in [0.05, 0.1) is 12.7 Å². The average molecular weight is 606 g/mol. The van der Waals surface area contributed by atoms with Gasteiger partial charge < -0.3 is 14.6 Å². The van der Waals surface area contributed by atoms with Gasteiger partial charge in [-0.3, -0.25) is 9.69 Å². The van der Waals surface area contributed by atoms with Gasteiger partial charge in [0.1, 0.15) is 12.4 Å². The summed E-state index contributed by atoms with van der Waals surface area (Å²) in [5.41, 5.74) is 7.65. The molecule has 0 fully saturated rings. The van der Waals surface area contributed by atoms with Crippen molar-refractivity contribution in [1.82, 2.24) is 4.90 Å². The van der Waals surface area contributed by atoms with Gasteiger partial charge in [0.25, 0.3) is 0 Å². The largest absolute Gasteiger partial charge is 0.489 e. The molecule has 0 bridgehead atoms. The number of benzene rings is 4. The summed E-state index contributed by atoms with van der Waals surface area (Å²) in [5, 5.41) is 9.47. The fourth-order valence-corrected chi connectivity index (χ4v) is 6.23. The number of methoxy groups -OCH3 is 1. The van der Waals surface area contributed by atoms with E-state index in [2.05, 4.69) is 71.6 Å². The number of para-hydroxylation sites is 1. The van der Waals surface area contributed by atoms with Crippen LogP contribution in [0.5, 0.6) is 5.75 Å². The molecular formula is C39H43NO5. The van der Waals surface area contributed by atoms with E-state index in [1.807, 2.05) is 24.3 Å². The lowest BCUT2D eigenvalue weighted by atomic mass is 10.0. The van der Waals surface area contributed by atoms with Gasteiger partial charge in [-0.1, -0.05) is 78.9 Å². The Hall–Kier alpha value is -4.42. The molecule has 1 atom stereocenters. The Morgan fingerprint density at radius 2 is 1.51 bits per heavy atom. The zero-order chi connectivity index (χ0) is 31.4. The number of hydrogen-bond donors (Lipinski definition) is 1. The van der Waals surface area contributed by atoms with Crippen molar-refractivity contribution in [2.24, 2.45) is 0 Å². The third kappa shape index (κ3) is 9.05. The van der Waals surface area contributed by atoms with Crippen molar-refractivity contribution in [1.29, 1.82) is 0 Å². The van der Waals surface area contributed by atoms with E-state index in [0.29, 0.717) is 18.6 Å². The molecule has 0 spiro atoms. The number of ether oxygens (including phenoxy) is 2. The second-order valence-corrected chi connectivity index (χ2v) is 11.8. The molecule has 0 heterocycles. The highest BCUT2D eigenvalue weighted by Crippen LogP contribution is 2.37. The van der Waals surface area contributed by atoms with Gasteiger partial charge in [0, 0.05) is 19.0 Å². The first-order valence-electron chi connectivity index (χ1n) is 16.0. The van der Waals surface area contributed by atoms with E-state index in [-0.39, 0.29) is 12.0 Å². The van der Waals surface area contributed by atoms with E-state index in [4.69, 9.17) is 9.47 Å². The van der Waals surface area contributed by atoms with Gasteiger partial charge in [-0.15, -0.1) is 0 Å². The van der Waals surface area contributed by atoms with Crippen LogP contribution < -0.4 is 4.74 Å². The van der Waals surface area contributed by atoms with E-state index >= 15 is 0 Å². The number of nitrogens with zero attached hydrogens (tertiary/aromatic N) is 1. The molecular weight excluding hydrogens is 562 g/mol. The Kier molecular flexibility index (Phi) is 11.4. The minimum atomic E-state index is -0.892. The van der Waals surface area contributed by atoms with Crippen molar-refractivity contribution in [2.45, 2.75) is 64.0 Å². The minimum Gasteiger partial charge on any atom is -0.489 e. The number of carboxylic acid groups (broad SMARTS) is 1. The van der Waals surface area contributed by atoms with E-state index in [1.165, 1.54) is 23.8 Å². The number of hydrogen-bond acceptors (Lipinski definition) is 5. The SMILES string of the molecule is COC(=O)CCCCN(CCc1ccccc1OCc1ccc(CCc2ccccc2)cc1)C1CCc2cc(C(=O)O)ccc21. The summed E-state index contributed by atoms with van der Waals surface area (Å²) in [5.74, 6) is -0.174. The first kappa shape index (κ1) is 32.0. The van der Waals surface area contributed by atoms with Crippen LogP contribution in [0.4, 0.5) is 0 Å². The van der Waals surface area contributed by atoms with Gasteiger partial charge in [0.2, 0.25) is 0 Å². The fraction of sp³-hybridized carbons (Fsp3) is 0.333. The monoisotopic (exact) mass is 605 g/mol. The summed E-state index contributed by atoms with van der Waals surface area (Å²) in [6.07, 6.45) is 6.75. The molecule has 0 amide bonds. The van der Waals surface area contributed by atoms with E-state index < -0.39 is 5.97 Å². The number of carboxylic acids is 1. The Bertz CT molecular complexity index is 1550. The first-order valence-corrected chi connectivity index (χ1v) is 16.0. The Balaban J connectivity index is 1.21. The Labute approximate surface area is 266 Å². The molecule has 1 unspecified atom stereocenters. The van der Waals surface area contributed by atoms with Crippen molar-refractivity contribution in [3.8, 4) is 5.75 Å². The highest BCUT2D eigenvalue weighted by Gasteiger charge is 2.28. The van der Waals surface area contributed by atoms with Crippen molar-refractivity contribution >= 4 is 11.9 Å². The van der Waals surface area contributed by atoms with Gasteiger partial charge >= 0.3 is 11.9 Å². The number of aromatic carboxylic acids is 1. The zero-order valence-electron chi connectivity index (χ0n) is 26.1. The Morgan fingerprint density at radius 3 is 2.27 bits per heavy atom. The van der Waals surface area contributed by atoms with Crippen LogP contribution in [0.2, 0.25) is 0 Å². The average Bonchev–Trinajstić information content (AvgIpc) is 3.50. The molecule has 5 rings (SSSR count). The fourth-order valence-electron chi connectivity index (χ4n) is 6.23. The molecule has 4 aromatic carbocycles. The van der Waals surface area contributed by atoms with E-state index in [1.54, 1.807) is 6.07 Å². The first-order chi connectivity index (χ1) is 22.0. The van der Waals surface area contributed by atoms with Crippen molar-refractivity contribution in [2.75, 3.05) is 20.2 Å². The van der Waals surface area contributed by atoms with Gasteiger partial charge in [-0.25, -0.2) is 4.79 Å². The lowest BCUT2D eigenvalue weighted by molar-refractivity contribution is -0.140. The normalized spacial score (nSPS) is 13.9. The van der Waals surface area contributed by atoms with Crippen LogP contribution in [0.15, 0.2) is 97.1 Å². The molecule has 0 aromatic heterocycles. The van der Waals surface area contributed by atoms with Gasteiger partial charge in [0.15, 0.2) is 0 Å². The number of unbranched alkanes of at least 4 members (excludes halogenated alkanes) is 1. The summed E-state index contributed by atoms with van der Waals surface area (Å²) in [6.45, 7) is 2.19. The highest BCUT2D eigenvalue weighted by atomic mass is 16.5. The number of fused-ring (bicyclic) bond motifs is 1. The predicted molar refractivity (Wildman–Crippen MR) is 177 cm³/mol. The Morgan fingerprint density at radius 1 is 0.800 bits per heavy atom. The number of aryl methyl sites for hydroxylation is 3. The molecule has 1 aliphatic carbocycles. The molecule has 1 N–H and O–H groups in total. The minimum absolute atomic E-state index is 0.179. The van der Waals surface area contributed by atoms with Crippen molar-refractivity contribution in [3.63, 3.8) is 0 Å². The molecule has 0 saturated heterocycles. The molecule has 6 heteroatoms. The molecule has 4 aromatic rings. The molecule has 234 valence electrons. The molecule has 6 nitrogen and oxygen atoms in total. The van der Waals surface area contributed by atoms with Crippen LogP contribution >= 0.6 is 0 Å². The quantitative estimate of drug-likeness (QED) is 0.105. The summed E-state index contributed by atoms with van der Waals surface area (Å²) < 4.78 is 11.2. The number of carbonyl (C=O) groups is 2. The number of esters is 1. The van der Waals surface area contributed by atoms with E-state index in [0.717, 1.165) is 80.5 Å². The maximum Gasteiger partial charge on any atom is 0.335 e. The van der Waals surface area contributed by atoms with Crippen molar-refractivity contribution < 1.29 is 24.2 Å². The molecule has 0 aliphatic heterocycles. The third-order valence-corrected chi connectivity index (χ3v) is 8.78. The lowest BCUT2D eigenvalue weighted by Gasteiger charge is -2.30. The van der Waals surface area contributed by atoms with Crippen LogP contribution in [0.25, 0.3) is 0 Å². The van der Waals surface area contributed by atoms with Crippen LogP contribution in [0.3, 0.4) is 0 Å². The smallest absolute Gasteiger partial charge is 0.335 e. The third-order valence-electron chi connectivity index (χ3n) is 8.78. The lowest BCUT2D eigenvalue weighted by Crippen LogP contribution is -2.31. The summed E-state index contributed by atoms with van der Waals surface area (Å²) in [4.78, 5) is 25.7. The second kappa shape index (κ2) is 16.1. The second-order valence-electron chi connectivity index (χ2n) is 11.8. The molecule has 1 aliphatic rings. The highest BCUT2D eigenvalue weighted by molar-refractivity contribution is 5.88. The van der Waals surface area contributed by atoms with Gasteiger partial charge in [-0.2, -0.15) is 0 Å². The van der Waals surface area contributed by atoms with Crippen LogP contribution in [-0.2, 0) is 41.8 Å². The van der Waals surface area contributed by atoms with Crippen molar-refractivity contribution in [3.05, 3.63) is 136 Å². The summed E-state index contributed by atoms with van der Waals surface area (Å²) in [6, 6.07) is 33.3. The molecule has 0 saturated carbocycles. The van der Waals surface area contributed by atoms with Crippen LogP contribution in [0, 0.1) is 0 Å². The number of rotatable bonds is 16. The number of carbonyl (C=O) groups excluding carboxylic acids is 1. The van der Waals surface area contributed by atoms with Gasteiger partial charge in [-0.05, 0) is 103 Å². The standard InChI is InChI=1S/C39H43NO5/c1-44-38(41)13-7-8-25-40(36-23-21-33-27-34(39(42)43)20-22-35(33)36)26-24-32-11-5-6-12-37(32)45-28-31-18-16-30(17-19-31)15-14-29-9-3-2-4-10-29/h2-6,9-12,16-20,22,27,36H,7-8,13-15,21,23-26,28H2,1H3,(H,42,43). The topological polar surface area (TPSA) is 76.1 Å². The summed E-state index contributed by atoms with van der Waals surface area (Å²) >= 11 is 0. The molecule has 45 heavy (non-hydrogen) atoms.